The summed E-state index contributed by atoms with van der Waals surface area (Å²) in [5.74, 6) is 0.574. The molecule has 0 aliphatic rings. The zero-order valence-electron chi connectivity index (χ0n) is 9.74. The lowest BCUT2D eigenvalue weighted by atomic mass is 10.3. The third-order valence-electron chi connectivity index (χ3n) is 2.36. The third kappa shape index (κ3) is 1.80. The molecule has 0 radical (unpaired) electrons. The van der Waals surface area contributed by atoms with Gasteiger partial charge in [-0.15, -0.1) is 0 Å². The van der Waals surface area contributed by atoms with Crippen molar-refractivity contribution in [3.05, 3.63) is 33.9 Å². The molecule has 5 heteroatoms. The SMILES string of the molecule is Cc1cc(C)nc(-n2nc(C)c(Cl)c2C)n1. The van der Waals surface area contributed by atoms with E-state index in [1.807, 2.05) is 33.8 Å². The summed E-state index contributed by atoms with van der Waals surface area (Å²) in [6.07, 6.45) is 0. The van der Waals surface area contributed by atoms with Crippen LogP contribution in [0.3, 0.4) is 0 Å². The quantitative estimate of drug-likeness (QED) is 0.764. The summed E-state index contributed by atoms with van der Waals surface area (Å²) in [4.78, 5) is 8.70. The van der Waals surface area contributed by atoms with Gasteiger partial charge in [0, 0.05) is 11.4 Å². The predicted octanol–water partition coefficient (Wildman–Crippen LogP) is 2.55. The van der Waals surface area contributed by atoms with Crippen LogP contribution in [-0.2, 0) is 0 Å². The van der Waals surface area contributed by atoms with Crippen molar-refractivity contribution < 1.29 is 0 Å². The Morgan fingerprint density at radius 2 is 1.62 bits per heavy atom. The number of halogens is 1. The highest BCUT2D eigenvalue weighted by Crippen LogP contribution is 2.20. The van der Waals surface area contributed by atoms with Crippen LogP contribution in [0.4, 0.5) is 0 Å². The Kier molecular flexibility index (Phi) is 2.68. The van der Waals surface area contributed by atoms with Crippen LogP contribution in [0.25, 0.3) is 5.95 Å². The van der Waals surface area contributed by atoms with Crippen molar-refractivity contribution in [1.29, 1.82) is 0 Å². The lowest BCUT2D eigenvalue weighted by molar-refractivity contribution is 0.763. The summed E-state index contributed by atoms with van der Waals surface area (Å²) in [5.41, 5.74) is 3.50. The van der Waals surface area contributed by atoms with Crippen LogP contribution in [0.2, 0.25) is 5.02 Å². The second kappa shape index (κ2) is 3.87. The monoisotopic (exact) mass is 236 g/mol. The molecule has 0 bridgehead atoms. The molecule has 0 unspecified atom stereocenters. The molecule has 0 atom stereocenters. The molecule has 2 rings (SSSR count). The maximum absolute atomic E-state index is 6.09. The highest BCUT2D eigenvalue weighted by Gasteiger charge is 2.12. The highest BCUT2D eigenvalue weighted by molar-refractivity contribution is 6.31. The molecule has 4 nitrogen and oxygen atoms in total. The van der Waals surface area contributed by atoms with E-state index in [9.17, 15) is 0 Å². The van der Waals surface area contributed by atoms with E-state index < -0.39 is 0 Å². The van der Waals surface area contributed by atoms with E-state index in [2.05, 4.69) is 15.1 Å². The number of aryl methyl sites for hydroxylation is 3. The van der Waals surface area contributed by atoms with Gasteiger partial charge < -0.3 is 0 Å². The fourth-order valence-corrected chi connectivity index (χ4v) is 1.74. The summed E-state index contributed by atoms with van der Waals surface area (Å²) >= 11 is 6.09. The fraction of sp³-hybridized carbons (Fsp3) is 0.364. The molecule has 16 heavy (non-hydrogen) atoms. The van der Waals surface area contributed by atoms with E-state index in [0.717, 1.165) is 22.8 Å². The zero-order chi connectivity index (χ0) is 11.9. The first-order valence-electron chi connectivity index (χ1n) is 5.03. The first-order chi connectivity index (χ1) is 7.49. The highest BCUT2D eigenvalue weighted by atomic mass is 35.5. The first kappa shape index (κ1) is 11.1. The van der Waals surface area contributed by atoms with Crippen LogP contribution in [0.1, 0.15) is 22.8 Å². The molecule has 0 saturated heterocycles. The van der Waals surface area contributed by atoms with Gasteiger partial charge in [0.2, 0.25) is 0 Å². The molecule has 0 fully saturated rings. The molecular weight excluding hydrogens is 224 g/mol. The van der Waals surface area contributed by atoms with Crippen LogP contribution in [0.5, 0.6) is 0 Å². The summed E-state index contributed by atoms with van der Waals surface area (Å²) in [7, 11) is 0. The third-order valence-corrected chi connectivity index (χ3v) is 2.91. The summed E-state index contributed by atoms with van der Waals surface area (Å²) in [6.45, 7) is 7.65. The average Bonchev–Trinajstić information content (AvgIpc) is 2.44. The standard InChI is InChI=1S/C11H13ClN4/c1-6-5-7(2)14-11(13-6)16-9(4)10(12)8(3)15-16/h5H,1-4H3. The van der Waals surface area contributed by atoms with Crippen LogP contribution in [0.15, 0.2) is 6.07 Å². The molecule has 0 aliphatic heterocycles. The second-order valence-electron chi connectivity index (χ2n) is 3.85. The molecule has 0 spiro atoms. The maximum Gasteiger partial charge on any atom is 0.251 e. The van der Waals surface area contributed by atoms with Gasteiger partial charge in [0.05, 0.1) is 16.4 Å². The normalized spacial score (nSPS) is 10.8. The van der Waals surface area contributed by atoms with Crippen molar-refractivity contribution in [2.24, 2.45) is 0 Å². The second-order valence-corrected chi connectivity index (χ2v) is 4.23. The van der Waals surface area contributed by atoms with E-state index in [4.69, 9.17) is 11.6 Å². The summed E-state index contributed by atoms with van der Waals surface area (Å²) in [5, 5.41) is 4.99. The molecule has 0 aromatic carbocycles. The average molecular weight is 237 g/mol. The number of hydrogen-bond acceptors (Lipinski definition) is 3. The number of rotatable bonds is 1. The Morgan fingerprint density at radius 3 is 2.06 bits per heavy atom. The van der Waals surface area contributed by atoms with E-state index in [-0.39, 0.29) is 0 Å². The first-order valence-corrected chi connectivity index (χ1v) is 5.41. The number of nitrogens with zero attached hydrogens (tertiary/aromatic N) is 4. The Labute approximate surface area is 99.3 Å². The van der Waals surface area contributed by atoms with Gasteiger partial charge in [-0.1, -0.05) is 11.6 Å². The van der Waals surface area contributed by atoms with E-state index >= 15 is 0 Å². The minimum Gasteiger partial charge on any atom is -0.216 e. The van der Waals surface area contributed by atoms with Gasteiger partial charge in [-0.3, -0.25) is 0 Å². The largest absolute Gasteiger partial charge is 0.251 e. The van der Waals surface area contributed by atoms with Crippen molar-refractivity contribution in [2.45, 2.75) is 27.7 Å². The predicted molar refractivity (Wildman–Crippen MR) is 63.1 cm³/mol. The lowest BCUT2D eigenvalue weighted by Crippen LogP contribution is -2.06. The van der Waals surface area contributed by atoms with Gasteiger partial charge in [0.25, 0.3) is 5.95 Å². The van der Waals surface area contributed by atoms with Gasteiger partial charge in [-0.25, -0.2) is 14.6 Å². The molecular formula is C11H13ClN4. The Morgan fingerprint density at radius 1 is 1.06 bits per heavy atom. The van der Waals surface area contributed by atoms with Crippen molar-refractivity contribution in [3.8, 4) is 5.95 Å². The van der Waals surface area contributed by atoms with E-state index in [1.165, 1.54) is 0 Å². The maximum atomic E-state index is 6.09. The van der Waals surface area contributed by atoms with Crippen molar-refractivity contribution in [3.63, 3.8) is 0 Å². The van der Waals surface area contributed by atoms with Crippen molar-refractivity contribution >= 4 is 11.6 Å². The zero-order valence-corrected chi connectivity index (χ0v) is 10.5. The van der Waals surface area contributed by atoms with E-state index in [1.54, 1.807) is 4.68 Å². The fourth-order valence-electron chi connectivity index (χ4n) is 1.62. The minimum absolute atomic E-state index is 0.574. The summed E-state index contributed by atoms with van der Waals surface area (Å²) < 4.78 is 1.68. The molecule has 2 heterocycles. The molecule has 0 saturated carbocycles. The molecule has 84 valence electrons. The lowest BCUT2D eigenvalue weighted by Gasteiger charge is -2.04. The molecule has 0 N–H and O–H groups in total. The van der Waals surface area contributed by atoms with Gasteiger partial charge >= 0.3 is 0 Å². The Balaban J connectivity index is 2.62. The van der Waals surface area contributed by atoms with Crippen LogP contribution < -0.4 is 0 Å². The summed E-state index contributed by atoms with van der Waals surface area (Å²) in [6, 6.07) is 1.93. The molecule has 2 aromatic rings. The number of hydrogen-bond donors (Lipinski definition) is 0. The van der Waals surface area contributed by atoms with E-state index in [0.29, 0.717) is 11.0 Å². The molecule has 0 amide bonds. The van der Waals surface area contributed by atoms with Crippen LogP contribution >= 0.6 is 11.6 Å². The molecule has 2 aromatic heterocycles. The molecule has 0 aliphatic carbocycles. The van der Waals surface area contributed by atoms with Gasteiger partial charge in [0.1, 0.15) is 0 Å². The van der Waals surface area contributed by atoms with Gasteiger partial charge in [0.15, 0.2) is 0 Å². The van der Waals surface area contributed by atoms with Gasteiger partial charge in [-0.05, 0) is 33.8 Å². The van der Waals surface area contributed by atoms with Gasteiger partial charge in [-0.2, -0.15) is 5.10 Å². The van der Waals surface area contributed by atoms with Crippen molar-refractivity contribution in [1.82, 2.24) is 19.7 Å². The van der Waals surface area contributed by atoms with Crippen LogP contribution in [0, 0.1) is 27.7 Å². The number of aromatic nitrogens is 4. The Hall–Kier alpha value is -1.42. The Bertz CT molecular complexity index is 525. The topological polar surface area (TPSA) is 43.6 Å². The van der Waals surface area contributed by atoms with Crippen molar-refractivity contribution in [2.75, 3.05) is 0 Å². The minimum atomic E-state index is 0.574. The van der Waals surface area contributed by atoms with Crippen LogP contribution in [-0.4, -0.2) is 19.7 Å². The smallest absolute Gasteiger partial charge is 0.216 e.